The first-order valence-electron chi connectivity index (χ1n) is 6.60. The van der Waals surface area contributed by atoms with E-state index in [9.17, 15) is 5.11 Å². The van der Waals surface area contributed by atoms with Crippen LogP contribution in [0.4, 0.5) is 0 Å². The molecule has 1 aromatic heterocycles. The van der Waals surface area contributed by atoms with Gasteiger partial charge in [-0.25, -0.2) is 9.97 Å². The van der Waals surface area contributed by atoms with Crippen LogP contribution in [0.15, 0.2) is 76.2 Å². The molecule has 0 aliphatic heterocycles. The van der Waals surface area contributed by atoms with Crippen molar-refractivity contribution >= 4 is 31.9 Å². The van der Waals surface area contributed by atoms with Crippen molar-refractivity contribution in [1.82, 2.24) is 9.97 Å². The van der Waals surface area contributed by atoms with Gasteiger partial charge in [-0.15, -0.1) is 0 Å². The lowest BCUT2D eigenvalue weighted by molar-refractivity contribution is 0.125. The van der Waals surface area contributed by atoms with Crippen molar-refractivity contribution in [3.8, 4) is 0 Å². The van der Waals surface area contributed by atoms with Crippen molar-refractivity contribution < 1.29 is 5.11 Å². The Balaban J connectivity index is 2.22. The van der Waals surface area contributed by atoms with E-state index in [0.717, 1.165) is 20.1 Å². The predicted molar refractivity (Wildman–Crippen MR) is 92.4 cm³/mol. The van der Waals surface area contributed by atoms with Crippen LogP contribution in [-0.2, 0) is 5.60 Å². The molecule has 3 rings (SSSR count). The summed E-state index contributed by atoms with van der Waals surface area (Å²) in [7, 11) is 0. The topological polar surface area (TPSA) is 46.0 Å². The van der Waals surface area contributed by atoms with E-state index in [4.69, 9.17) is 0 Å². The molecule has 0 bridgehead atoms. The van der Waals surface area contributed by atoms with Gasteiger partial charge in [-0.05, 0) is 35.4 Å². The van der Waals surface area contributed by atoms with E-state index in [-0.39, 0.29) is 0 Å². The number of aliphatic hydroxyl groups is 1. The Morgan fingerprint density at radius 1 is 0.682 bits per heavy atom. The molecule has 0 aliphatic rings. The molecule has 1 heterocycles. The SMILES string of the molecule is OC(c1ccc(Br)cc1)(c1ccc(Br)cc1)c1cncnc1. The summed E-state index contributed by atoms with van der Waals surface area (Å²) in [6, 6.07) is 15.2. The van der Waals surface area contributed by atoms with Gasteiger partial charge in [0.05, 0.1) is 0 Å². The quantitative estimate of drug-likeness (QED) is 0.688. The smallest absolute Gasteiger partial charge is 0.143 e. The third-order valence-electron chi connectivity index (χ3n) is 3.50. The molecular formula is C17H12Br2N2O. The average Bonchev–Trinajstić information content (AvgIpc) is 2.56. The van der Waals surface area contributed by atoms with Gasteiger partial charge in [0.1, 0.15) is 11.9 Å². The number of hydrogen-bond donors (Lipinski definition) is 1. The highest BCUT2D eigenvalue weighted by molar-refractivity contribution is 9.10. The number of halogens is 2. The lowest BCUT2D eigenvalue weighted by Crippen LogP contribution is -2.29. The molecule has 0 aliphatic carbocycles. The van der Waals surface area contributed by atoms with Crippen molar-refractivity contribution in [2.75, 3.05) is 0 Å². The molecule has 0 fully saturated rings. The lowest BCUT2D eigenvalue weighted by atomic mass is 9.82. The zero-order valence-electron chi connectivity index (χ0n) is 11.4. The molecular weight excluding hydrogens is 408 g/mol. The molecule has 0 saturated heterocycles. The minimum absolute atomic E-state index is 0.625. The van der Waals surface area contributed by atoms with Crippen molar-refractivity contribution in [2.24, 2.45) is 0 Å². The van der Waals surface area contributed by atoms with Gasteiger partial charge in [0, 0.05) is 26.9 Å². The predicted octanol–water partition coefficient (Wildman–Crippen LogP) is 4.29. The standard InChI is InChI=1S/C17H12Br2N2O/c18-15-5-1-12(2-6-15)17(22,14-9-20-11-21-10-14)13-3-7-16(19)8-4-13/h1-11,22H. The van der Waals surface area contributed by atoms with Gasteiger partial charge < -0.3 is 5.11 Å². The third-order valence-corrected chi connectivity index (χ3v) is 4.56. The maximum Gasteiger partial charge on any atom is 0.143 e. The normalized spacial score (nSPS) is 11.4. The van der Waals surface area contributed by atoms with Crippen LogP contribution in [0, 0.1) is 0 Å². The van der Waals surface area contributed by atoms with Gasteiger partial charge in [-0.2, -0.15) is 0 Å². The second kappa shape index (κ2) is 6.28. The van der Waals surface area contributed by atoms with Crippen molar-refractivity contribution in [3.05, 3.63) is 92.9 Å². The Bertz CT molecular complexity index is 713. The van der Waals surface area contributed by atoms with E-state index in [0.29, 0.717) is 5.56 Å². The highest BCUT2D eigenvalue weighted by atomic mass is 79.9. The van der Waals surface area contributed by atoms with Crippen LogP contribution in [0.2, 0.25) is 0 Å². The van der Waals surface area contributed by atoms with E-state index in [1.165, 1.54) is 6.33 Å². The fraction of sp³-hybridized carbons (Fsp3) is 0.0588. The molecule has 3 nitrogen and oxygen atoms in total. The number of benzene rings is 2. The first-order valence-corrected chi connectivity index (χ1v) is 8.19. The first-order chi connectivity index (χ1) is 10.6. The van der Waals surface area contributed by atoms with E-state index in [1.807, 2.05) is 48.5 Å². The number of rotatable bonds is 3. The van der Waals surface area contributed by atoms with Crippen LogP contribution in [0.5, 0.6) is 0 Å². The molecule has 0 spiro atoms. The summed E-state index contributed by atoms with van der Waals surface area (Å²) in [6.45, 7) is 0. The molecule has 0 atom stereocenters. The molecule has 1 N–H and O–H groups in total. The van der Waals surface area contributed by atoms with Crippen molar-refractivity contribution in [1.29, 1.82) is 0 Å². The van der Waals surface area contributed by atoms with Crippen LogP contribution in [0.1, 0.15) is 16.7 Å². The highest BCUT2D eigenvalue weighted by Gasteiger charge is 2.34. The summed E-state index contributed by atoms with van der Waals surface area (Å²) in [4.78, 5) is 8.09. The van der Waals surface area contributed by atoms with Gasteiger partial charge >= 0.3 is 0 Å². The highest BCUT2D eigenvalue weighted by Crippen LogP contribution is 2.36. The van der Waals surface area contributed by atoms with Crippen LogP contribution >= 0.6 is 31.9 Å². The number of nitrogens with zero attached hydrogens (tertiary/aromatic N) is 2. The average molecular weight is 420 g/mol. The monoisotopic (exact) mass is 418 g/mol. The second-order valence-electron chi connectivity index (χ2n) is 4.85. The molecule has 0 saturated carbocycles. The van der Waals surface area contributed by atoms with Crippen molar-refractivity contribution in [3.63, 3.8) is 0 Å². The second-order valence-corrected chi connectivity index (χ2v) is 6.68. The van der Waals surface area contributed by atoms with Crippen molar-refractivity contribution in [2.45, 2.75) is 5.60 Å². The molecule has 2 aromatic carbocycles. The van der Waals surface area contributed by atoms with Crippen LogP contribution in [0.25, 0.3) is 0 Å². The van der Waals surface area contributed by atoms with E-state index >= 15 is 0 Å². The first kappa shape index (κ1) is 15.3. The van der Waals surface area contributed by atoms with Crippen LogP contribution in [-0.4, -0.2) is 15.1 Å². The lowest BCUT2D eigenvalue weighted by Gasteiger charge is -2.29. The fourth-order valence-electron chi connectivity index (χ4n) is 2.37. The Morgan fingerprint density at radius 2 is 1.09 bits per heavy atom. The molecule has 0 radical (unpaired) electrons. The van der Waals surface area contributed by atoms with Crippen LogP contribution < -0.4 is 0 Å². The summed E-state index contributed by atoms with van der Waals surface area (Å²) < 4.78 is 1.91. The Kier molecular flexibility index (Phi) is 4.38. The summed E-state index contributed by atoms with van der Waals surface area (Å²) in [5.74, 6) is 0. The molecule has 0 amide bonds. The van der Waals surface area contributed by atoms with E-state index in [1.54, 1.807) is 12.4 Å². The molecule has 22 heavy (non-hydrogen) atoms. The van der Waals surface area contributed by atoms with Gasteiger partial charge in [0.25, 0.3) is 0 Å². The Hall–Kier alpha value is -1.56. The third kappa shape index (κ3) is 2.84. The van der Waals surface area contributed by atoms with E-state index < -0.39 is 5.60 Å². The maximum absolute atomic E-state index is 11.5. The van der Waals surface area contributed by atoms with Gasteiger partial charge in [0.2, 0.25) is 0 Å². The van der Waals surface area contributed by atoms with Crippen LogP contribution in [0.3, 0.4) is 0 Å². The summed E-state index contributed by atoms with van der Waals surface area (Å²) >= 11 is 6.84. The molecule has 5 heteroatoms. The Morgan fingerprint density at radius 3 is 1.50 bits per heavy atom. The zero-order valence-corrected chi connectivity index (χ0v) is 14.6. The molecule has 0 unspecified atom stereocenters. The largest absolute Gasteiger partial charge is 0.376 e. The minimum atomic E-state index is -1.30. The summed E-state index contributed by atoms with van der Waals surface area (Å²) in [6.07, 6.45) is 4.72. The summed E-state index contributed by atoms with van der Waals surface area (Å²) in [5, 5.41) is 11.5. The van der Waals surface area contributed by atoms with Gasteiger partial charge in [0.15, 0.2) is 0 Å². The summed E-state index contributed by atoms with van der Waals surface area (Å²) in [5.41, 5.74) is 0.836. The molecule has 110 valence electrons. The fourth-order valence-corrected chi connectivity index (χ4v) is 2.90. The zero-order chi connectivity index (χ0) is 15.6. The Labute approximate surface area is 145 Å². The number of hydrogen-bond acceptors (Lipinski definition) is 3. The van der Waals surface area contributed by atoms with Gasteiger partial charge in [-0.3, -0.25) is 0 Å². The number of aromatic nitrogens is 2. The van der Waals surface area contributed by atoms with Gasteiger partial charge in [-0.1, -0.05) is 56.1 Å². The molecule has 3 aromatic rings. The van der Waals surface area contributed by atoms with E-state index in [2.05, 4.69) is 41.8 Å². The minimum Gasteiger partial charge on any atom is -0.376 e. The maximum atomic E-state index is 11.5.